The van der Waals surface area contributed by atoms with Crippen molar-refractivity contribution in [1.29, 1.82) is 0 Å². The summed E-state index contributed by atoms with van der Waals surface area (Å²) in [7, 11) is 0. The quantitative estimate of drug-likeness (QED) is 0.516. The third-order valence-corrected chi connectivity index (χ3v) is 3.22. The van der Waals surface area contributed by atoms with E-state index in [1.54, 1.807) is 36.7 Å². The van der Waals surface area contributed by atoms with Crippen LogP contribution in [-0.4, -0.2) is 20.2 Å². The number of benzene rings is 2. The van der Waals surface area contributed by atoms with Crippen LogP contribution >= 0.6 is 0 Å². The van der Waals surface area contributed by atoms with Gasteiger partial charge in [-0.2, -0.15) is 0 Å². The average molecular weight is 290 g/mol. The molecule has 2 aromatic carbocycles. The average Bonchev–Trinajstić information content (AvgIpc) is 2.57. The molecule has 4 aromatic rings. The maximum atomic E-state index is 9.31. The highest BCUT2D eigenvalue weighted by Crippen LogP contribution is 2.21. The van der Waals surface area contributed by atoms with E-state index in [0.29, 0.717) is 11.0 Å². The second-order valence-corrected chi connectivity index (χ2v) is 4.70. The van der Waals surface area contributed by atoms with E-state index in [1.807, 2.05) is 36.4 Å². The predicted octanol–water partition coefficient (Wildman–Crippen LogP) is 3.88. The van der Waals surface area contributed by atoms with Gasteiger partial charge in [-0.15, -0.1) is 0 Å². The number of nitrogens with zero attached hydrogens (tertiary/aromatic N) is 2. The lowest BCUT2D eigenvalue weighted by Gasteiger charge is -1.96. The fourth-order valence-corrected chi connectivity index (χ4v) is 2.18. The maximum absolute atomic E-state index is 9.31. The first-order chi connectivity index (χ1) is 10.8. The summed E-state index contributed by atoms with van der Waals surface area (Å²) in [5.74, 6) is 0.478. The van der Waals surface area contributed by atoms with Crippen molar-refractivity contribution in [2.24, 2.45) is 0 Å². The highest BCUT2D eigenvalue weighted by molar-refractivity contribution is 5.84. The summed E-state index contributed by atoms with van der Waals surface area (Å²) >= 11 is 0. The highest BCUT2D eigenvalue weighted by atomic mass is 16.3. The van der Waals surface area contributed by atoms with Gasteiger partial charge in [0.05, 0.1) is 0 Å². The standard InChI is InChI=1S/2C9H7NO/c2*11-8-5-1-3-7-4-2-6-10-9(7)8/h2*1-6,11H. The zero-order valence-electron chi connectivity index (χ0n) is 11.7. The van der Waals surface area contributed by atoms with Crippen LogP contribution in [0, 0.1) is 0 Å². The third-order valence-electron chi connectivity index (χ3n) is 3.22. The van der Waals surface area contributed by atoms with Crippen molar-refractivity contribution in [2.75, 3.05) is 0 Å². The Kier molecular flexibility index (Phi) is 3.83. The smallest absolute Gasteiger partial charge is 0.141 e. The van der Waals surface area contributed by atoms with Gasteiger partial charge < -0.3 is 10.2 Å². The fourth-order valence-electron chi connectivity index (χ4n) is 2.18. The molecule has 0 aliphatic heterocycles. The Hall–Kier alpha value is -3.14. The van der Waals surface area contributed by atoms with Gasteiger partial charge in [0.25, 0.3) is 0 Å². The zero-order valence-corrected chi connectivity index (χ0v) is 11.7. The van der Waals surface area contributed by atoms with E-state index in [1.165, 1.54) is 0 Å². The Balaban J connectivity index is 0.000000131. The molecule has 2 heterocycles. The number of phenols is 2. The summed E-state index contributed by atoms with van der Waals surface area (Å²) in [5.41, 5.74) is 1.32. The van der Waals surface area contributed by atoms with Gasteiger partial charge in [0.15, 0.2) is 0 Å². The Bertz CT molecular complexity index is 835. The minimum absolute atomic E-state index is 0.239. The van der Waals surface area contributed by atoms with E-state index in [0.717, 1.165) is 10.8 Å². The van der Waals surface area contributed by atoms with Crippen LogP contribution in [0.3, 0.4) is 0 Å². The van der Waals surface area contributed by atoms with Gasteiger partial charge in [-0.1, -0.05) is 36.4 Å². The summed E-state index contributed by atoms with van der Waals surface area (Å²) in [6.07, 6.45) is 3.34. The Morgan fingerprint density at radius 2 is 0.955 bits per heavy atom. The molecule has 4 heteroatoms. The molecule has 0 bridgehead atoms. The molecule has 0 aliphatic carbocycles. The van der Waals surface area contributed by atoms with Gasteiger partial charge in [0.2, 0.25) is 0 Å². The SMILES string of the molecule is Oc1cccc2cccnc12.Oc1cccc2cccnc12. The van der Waals surface area contributed by atoms with Crippen molar-refractivity contribution in [2.45, 2.75) is 0 Å². The minimum Gasteiger partial charge on any atom is -0.506 e. The number of aromatic hydroxyl groups is 2. The van der Waals surface area contributed by atoms with Gasteiger partial charge in [0, 0.05) is 23.2 Å². The van der Waals surface area contributed by atoms with Crippen molar-refractivity contribution in [3.8, 4) is 11.5 Å². The Morgan fingerprint density at radius 1 is 0.545 bits per heavy atom. The second kappa shape index (κ2) is 6.10. The van der Waals surface area contributed by atoms with Crippen LogP contribution in [0.5, 0.6) is 11.5 Å². The molecule has 108 valence electrons. The molecular weight excluding hydrogens is 276 g/mol. The molecule has 0 fully saturated rings. The van der Waals surface area contributed by atoms with Crippen LogP contribution < -0.4 is 0 Å². The van der Waals surface area contributed by atoms with E-state index in [4.69, 9.17) is 0 Å². The first-order valence-electron chi connectivity index (χ1n) is 6.81. The van der Waals surface area contributed by atoms with Crippen LogP contribution in [-0.2, 0) is 0 Å². The topological polar surface area (TPSA) is 66.2 Å². The van der Waals surface area contributed by atoms with Crippen LogP contribution in [0.2, 0.25) is 0 Å². The normalized spacial score (nSPS) is 10.2. The lowest BCUT2D eigenvalue weighted by atomic mass is 10.2. The van der Waals surface area contributed by atoms with Gasteiger partial charge in [0.1, 0.15) is 22.5 Å². The van der Waals surface area contributed by atoms with E-state index < -0.39 is 0 Å². The molecule has 22 heavy (non-hydrogen) atoms. The minimum atomic E-state index is 0.239. The Morgan fingerprint density at radius 3 is 1.36 bits per heavy atom. The molecule has 4 rings (SSSR count). The molecule has 0 amide bonds. The number of pyridine rings is 2. The lowest BCUT2D eigenvalue weighted by Crippen LogP contribution is -1.76. The molecule has 2 N–H and O–H groups in total. The van der Waals surface area contributed by atoms with Crippen LogP contribution in [0.1, 0.15) is 0 Å². The number of phenolic OH excluding ortho intramolecular Hbond substituents is 2. The number of rotatable bonds is 0. The molecule has 0 saturated heterocycles. The molecule has 2 aromatic heterocycles. The summed E-state index contributed by atoms with van der Waals surface area (Å²) in [5, 5.41) is 20.5. The first-order valence-corrected chi connectivity index (χ1v) is 6.81. The van der Waals surface area contributed by atoms with Gasteiger partial charge >= 0.3 is 0 Å². The Labute approximate surface area is 127 Å². The molecule has 4 nitrogen and oxygen atoms in total. The van der Waals surface area contributed by atoms with Crippen molar-refractivity contribution in [1.82, 2.24) is 9.97 Å². The van der Waals surface area contributed by atoms with E-state index in [9.17, 15) is 10.2 Å². The van der Waals surface area contributed by atoms with Gasteiger partial charge in [-0.3, -0.25) is 9.97 Å². The summed E-state index contributed by atoms with van der Waals surface area (Å²) in [6.45, 7) is 0. The largest absolute Gasteiger partial charge is 0.506 e. The highest BCUT2D eigenvalue weighted by Gasteiger charge is 1.97. The monoisotopic (exact) mass is 290 g/mol. The summed E-state index contributed by atoms with van der Waals surface area (Å²) in [6, 6.07) is 18.3. The molecule has 0 atom stereocenters. The zero-order chi connectivity index (χ0) is 15.4. The summed E-state index contributed by atoms with van der Waals surface area (Å²) in [4.78, 5) is 8.06. The molecular formula is C18H14N2O2. The number of para-hydroxylation sites is 2. The lowest BCUT2D eigenvalue weighted by molar-refractivity contribution is 0.480. The molecule has 0 radical (unpaired) electrons. The van der Waals surface area contributed by atoms with E-state index in [-0.39, 0.29) is 11.5 Å². The molecule has 0 aliphatic rings. The van der Waals surface area contributed by atoms with E-state index in [2.05, 4.69) is 9.97 Å². The van der Waals surface area contributed by atoms with Crippen molar-refractivity contribution >= 4 is 21.8 Å². The number of aromatic nitrogens is 2. The van der Waals surface area contributed by atoms with Gasteiger partial charge in [-0.05, 0) is 24.3 Å². The molecule has 0 spiro atoms. The van der Waals surface area contributed by atoms with Gasteiger partial charge in [-0.25, -0.2) is 0 Å². The first kappa shape index (κ1) is 13.8. The maximum Gasteiger partial charge on any atom is 0.141 e. The van der Waals surface area contributed by atoms with Crippen LogP contribution in [0.15, 0.2) is 73.1 Å². The van der Waals surface area contributed by atoms with Crippen LogP contribution in [0.25, 0.3) is 21.8 Å². The fraction of sp³-hybridized carbons (Fsp3) is 0. The van der Waals surface area contributed by atoms with Crippen molar-refractivity contribution in [3.63, 3.8) is 0 Å². The van der Waals surface area contributed by atoms with E-state index >= 15 is 0 Å². The molecule has 0 unspecified atom stereocenters. The summed E-state index contributed by atoms with van der Waals surface area (Å²) < 4.78 is 0. The van der Waals surface area contributed by atoms with Crippen molar-refractivity contribution in [3.05, 3.63) is 73.1 Å². The number of hydrogen-bond acceptors (Lipinski definition) is 4. The third kappa shape index (κ3) is 2.81. The number of hydrogen-bond donors (Lipinski definition) is 2. The predicted molar refractivity (Wildman–Crippen MR) is 86.8 cm³/mol. The van der Waals surface area contributed by atoms with Crippen molar-refractivity contribution < 1.29 is 10.2 Å². The number of fused-ring (bicyclic) bond motifs is 2. The van der Waals surface area contributed by atoms with Crippen LogP contribution in [0.4, 0.5) is 0 Å². The molecule has 0 saturated carbocycles. The second-order valence-electron chi connectivity index (χ2n) is 4.70.